The van der Waals surface area contributed by atoms with Crippen LogP contribution in [0.15, 0.2) is 0 Å². The number of hydrogen-bond acceptors (Lipinski definition) is 1. The van der Waals surface area contributed by atoms with E-state index in [1.165, 1.54) is 12.8 Å². The van der Waals surface area contributed by atoms with Crippen molar-refractivity contribution in [3.63, 3.8) is 0 Å². The molecule has 1 rings (SSSR count). The second-order valence-corrected chi connectivity index (χ2v) is 5.04. The van der Waals surface area contributed by atoms with Gasteiger partial charge in [-0.2, -0.15) is 0 Å². The molecule has 0 heterocycles. The maximum atomic E-state index is 9.42. The van der Waals surface area contributed by atoms with Crippen LogP contribution in [-0.2, 0) is 0 Å². The molecule has 0 radical (unpaired) electrons. The van der Waals surface area contributed by atoms with Crippen molar-refractivity contribution in [2.24, 2.45) is 23.2 Å². The van der Waals surface area contributed by atoms with Gasteiger partial charge in [0, 0.05) is 6.61 Å². The van der Waals surface area contributed by atoms with E-state index in [-0.39, 0.29) is 5.41 Å². The van der Waals surface area contributed by atoms with E-state index in [0.717, 1.165) is 11.8 Å². The Hall–Kier alpha value is -0.0400. The van der Waals surface area contributed by atoms with E-state index >= 15 is 0 Å². The van der Waals surface area contributed by atoms with E-state index in [2.05, 4.69) is 27.7 Å². The number of hydrogen-bond donors (Lipinski definition) is 1. The van der Waals surface area contributed by atoms with Gasteiger partial charge in [0.2, 0.25) is 0 Å². The average molecular weight is 170 g/mol. The molecule has 2 unspecified atom stereocenters. The van der Waals surface area contributed by atoms with Crippen molar-refractivity contribution in [3.8, 4) is 0 Å². The molecule has 12 heavy (non-hydrogen) atoms. The quantitative estimate of drug-likeness (QED) is 0.675. The summed E-state index contributed by atoms with van der Waals surface area (Å²) in [6, 6.07) is 0. The van der Waals surface area contributed by atoms with Gasteiger partial charge in [0.05, 0.1) is 0 Å². The van der Waals surface area contributed by atoms with Crippen LogP contribution in [0.1, 0.15) is 40.5 Å². The molecule has 1 aliphatic carbocycles. The van der Waals surface area contributed by atoms with E-state index in [1.54, 1.807) is 0 Å². The van der Waals surface area contributed by atoms with Crippen molar-refractivity contribution in [2.75, 3.05) is 6.61 Å². The molecule has 0 aromatic heterocycles. The van der Waals surface area contributed by atoms with Crippen molar-refractivity contribution in [1.82, 2.24) is 0 Å². The van der Waals surface area contributed by atoms with Gasteiger partial charge in [0.1, 0.15) is 0 Å². The zero-order valence-corrected chi connectivity index (χ0v) is 8.80. The summed E-state index contributed by atoms with van der Waals surface area (Å²) in [5.74, 6) is 2.20. The number of aliphatic hydroxyl groups is 1. The molecule has 72 valence electrons. The van der Waals surface area contributed by atoms with E-state index in [4.69, 9.17) is 0 Å². The molecule has 1 fully saturated rings. The van der Waals surface area contributed by atoms with Crippen LogP contribution < -0.4 is 0 Å². The van der Waals surface area contributed by atoms with Gasteiger partial charge in [-0.25, -0.2) is 0 Å². The van der Waals surface area contributed by atoms with E-state index < -0.39 is 0 Å². The standard InChI is InChI=1S/C11H22O/c1-8(2)11(7-12)5-9(3)10(4)6-11/h8-10,12H,5-7H2,1-4H3. The zero-order chi connectivity index (χ0) is 9.35. The van der Waals surface area contributed by atoms with Crippen molar-refractivity contribution in [2.45, 2.75) is 40.5 Å². The smallest absolute Gasteiger partial charge is 0.0490 e. The SMILES string of the molecule is CC1CC(CO)(C(C)C)CC1C. The summed E-state index contributed by atoms with van der Waals surface area (Å²) < 4.78 is 0. The summed E-state index contributed by atoms with van der Waals surface area (Å²) in [7, 11) is 0. The third-order valence-electron chi connectivity index (χ3n) is 3.97. The minimum atomic E-state index is 0.235. The Balaban J connectivity index is 2.71. The van der Waals surface area contributed by atoms with Crippen LogP contribution in [0.2, 0.25) is 0 Å². The lowest BCUT2D eigenvalue weighted by molar-refractivity contribution is 0.0771. The first-order chi connectivity index (χ1) is 5.52. The second kappa shape index (κ2) is 3.37. The Morgan fingerprint density at radius 1 is 1.25 bits per heavy atom. The first kappa shape index (κ1) is 10.0. The van der Waals surface area contributed by atoms with Crippen molar-refractivity contribution >= 4 is 0 Å². The molecule has 1 aliphatic rings. The molecule has 0 aromatic carbocycles. The van der Waals surface area contributed by atoms with Crippen LogP contribution in [0, 0.1) is 23.2 Å². The van der Waals surface area contributed by atoms with Gasteiger partial charge in [-0.1, -0.05) is 27.7 Å². The van der Waals surface area contributed by atoms with Gasteiger partial charge < -0.3 is 5.11 Å². The molecule has 0 saturated heterocycles. The highest BCUT2D eigenvalue weighted by atomic mass is 16.3. The van der Waals surface area contributed by atoms with Crippen molar-refractivity contribution in [3.05, 3.63) is 0 Å². The largest absolute Gasteiger partial charge is 0.396 e. The fraction of sp³-hybridized carbons (Fsp3) is 1.00. The summed E-state index contributed by atoms with van der Waals surface area (Å²) in [5, 5.41) is 9.42. The Kier molecular flexibility index (Phi) is 2.82. The number of aliphatic hydroxyl groups excluding tert-OH is 1. The molecular formula is C11H22O. The van der Waals surface area contributed by atoms with E-state index in [0.29, 0.717) is 12.5 Å². The highest BCUT2D eigenvalue weighted by Gasteiger charge is 2.42. The first-order valence-corrected chi connectivity index (χ1v) is 5.12. The number of rotatable bonds is 2. The molecule has 0 aliphatic heterocycles. The Labute approximate surface area is 76.2 Å². The van der Waals surface area contributed by atoms with Gasteiger partial charge in [0.15, 0.2) is 0 Å². The lowest BCUT2D eigenvalue weighted by Crippen LogP contribution is -2.28. The average Bonchev–Trinajstić information content (AvgIpc) is 2.29. The van der Waals surface area contributed by atoms with Gasteiger partial charge >= 0.3 is 0 Å². The second-order valence-electron chi connectivity index (χ2n) is 5.04. The van der Waals surface area contributed by atoms with Gasteiger partial charge in [-0.3, -0.25) is 0 Å². The molecule has 0 spiro atoms. The molecule has 0 bridgehead atoms. The highest BCUT2D eigenvalue weighted by Crippen LogP contribution is 2.49. The lowest BCUT2D eigenvalue weighted by Gasteiger charge is -2.31. The molecule has 1 N–H and O–H groups in total. The maximum absolute atomic E-state index is 9.42. The molecule has 1 saturated carbocycles. The molecule has 0 amide bonds. The normalized spacial score (nSPS) is 42.5. The Bertz CT molecular complexity index is 141. The van der Waals surface area contributed by atoms with Crippen LogP contribution in [0.25, 0.3) is 0 Å². The van der Waals surface area contributed by atoms with Gasteiger partial charge in [0.25, 0.3) is 0 Å². The summed E-state index contributed by atoms with van der Waals surface area (Å²) in [6.45, 7) is 9.47. The maximum Gasteiger partial charge on any atom is 0.0490 e. The van der Waals surface area contributed by atoms with E-state index in [9.17, 15) is 5.11 Å². The summed E-state index contributed by atoms with van der Waals surface area (Å²) >= 11 is 0. The fourth-order valence-corrected chi connectivity index (χ4v) is 2.55. The molecular weight excluding hydrogens is 148 g/mol. The van der Waals surface area contributed by atoms with Crippen LogP contribution in [0.3, 0.4) is 0 Å². The molecule has 2 atom stereocenters. The first-order valence-electron chi connectivity index (χ1n) is 5.12. The molecule has 1 nitrogen and oxygen atoms in total. The third-order valence-corrected chi connectivity index (χ3v) is 3.97. The Morgan fingerprint density at radius 2 is 1.67 bits per heavy atom. The van der Waals surface area contributed by atoms with Gasteiger partial charge in [-0.05, 0) is 36.0 Å². The molecule has 0 aromatic rings. The summed E-state index contributed by atoms with van der Waals surface area (Å²) in [4.78, 5) is 0. The highest BCUT2D eigenvalue weighted by molar-refractivity contribution is 4.92. The molecule has 1 heteroatoms. The predicted octanol–water partition coefficient (Wildman–Crippen LogP) is 2.69. The topological polar surface area (TPSA) is 20.2 Å². The minimum Gasteiger partial charge on any atom is -0.396 e. The van der Waals surface area contributed by atoms with Crippen LogP contribution >= 0.6 is 0 Å². The lowest BCUT2D eigenvalue weighted by atomic mass is 9.75. The van der Waals surface area contributed by atoms with Crippen LogP contribution in [0.5, 0.6) is 0 Å². The van der Waals surface area contributed by atoms with Crippen molar-refractivity contribution < 1.29 is 5.11 Å². The monoisotopic (exact) mass is 170 g/mol. The summed E-state index contributed by atoms with van der Waals surface area (Å²) in [6.07, 6.45) is 2.42. The van der Waals surface area contributed by atoms with Crippen LogP contribution in [0.4, 0.5) is 0 Å². The predicted molar refractivity (Wildman–Crippen MR) is 51.9 cm³/mol. The van der Waals surface area contributed by atoms with Crippen LogP contribution in [-0.4, -0.2) is 11.7 Å². The fourth-order valence-electron chi connectivity index (χ4n) is 2.55. The minimum absolute atomic E-state index is 0.235. The van der Waals surface area contributed by atoms with E-state index in [1.807, 2.05) is 0 Å². The zero-order valence-electron chi connectivity index (χ0n) is 8.80. The third kappa shape index (κ3) is 1.52. The van der Waals surface area contributed by atoms with Gasteiger partial charge in [-0.15, -0.1) is 0 Å². The van der Waals surface area contributed by atoms with Crippen molar-refractivity contribution in [1.29, 1.82) is 0 Å². The summed E-state index contributed by atoms with van der Waals surface area (Å²) in [5.41, 5.74) is 0.235. The Morgan fingerprint density at radius 3 is 1.83 bits per heavy atom.